The standard InChI is InChI=1S/C31H31BN4O4/c32-28-27-26-21(3-1-4-22(26)30(39)36(27)24-9-10-25(37)34-29(24)38)23(33-28)17-19-5-7-20(8-6-19)18-35-14-12-31(13-15-35)11-2-16-40-31/h1,3-8,24H,2,9-18H2,(H,34,37,38). The van der Waals surface area contributed by atoms with Crippen LogP contribution in [0.3, 0.4) is 0 Å². The lowest BCUT2D eigenvalue weighted by atomic mass is 9.88. The van der Waals surface area contributed by atoms with E-state index in [-0.39, 0.29) is 35.9 Å². The van der Waals surface area contributed by atoms with E-state index in [1.54, 1.807) is 6.07 Å². The van der Waals surface area contributed by atoms with Crippen LogP contribution in [0.5, 0.6) is 0 Å². The molecule has 0 saturated carbocycles. The molecular weight excluding hydrogens is 503 g/mol. The molecular formula is C31H31BN4O4. The topological polar surface area (TPSA) is 91.8 Å². The summed E-state index contributed by atoms with van der Waals surface area (Å²) < 4.78 is 6.07. The Hall–Kier alpha value is -3.56. The second-order valence-electron chi connectivity index (χ2n) is 11.6. The molecule has 1 unspecified atom stereocenters. The Morgan fingerprint density at radius 1 is 1.02 bits per heavy atom. The molecule has 8 nitrogen and oxygen atoms in total. The Labute approximate surface area is 234 Å². The van der Waals surface area contributed by atoms with E-state index in [1.807, 2.05) is 12.1 Å². The Bertz CT molecular complexity index is 1520. The van der Waals surface area contributed by atoms with Crippen molar-refractivity contribution >= 4 is 47.6 Å². The molecule has 2 radical (unpaired) electrons. The molecule has 1 N–H and O–H groups in total. The number of hydrogen-bond donors (Lipinski definition) is 1. The highest BCUT2D eigenvalue weighted by Crippen LogP contribution is 2.39. The SMILES string of the molecule is [B]c1nc(Cc2ccc(CN3CCC4(CCCO4)CC3)cc2)c2cccc3c2c1N(C1CCC(=O)NC1=O)C3=O. The van der Waals surface area contributed by atoms with Crippen LogP contribution in [0.25, 0.3) is 10.8 Å². The van der Waals surface area contributed by atoms with Crippen molar-refractivity contribution < 1.29 is 19.1 Å². The van der Waals surface area contributed by atoms with Gasteiger partial charge in [-0.05, 0) is 49.3 Å². The van der Waals surface area contributed by atoms with E-state index in [2.05, 4.69) is 34.5 Å². The van der Waals surface area contributed by atoms with Gasteiger partial charge in [0.05, 0.1) is 17.0 Å². The van der Waals surface area contributed by atoms with Crippen molar-refractivity contribution in [1.29, 1.82) is 0 Å². The summed E-state index contributed by atoms with van der Waals surface area (Å²) in [4.78, 5) is 46.5. The van der Waals surface area contributed by atoms with Gasteiger partial charge in [0.1, 0.15) is 13.9 Å². The molecule has 202 valence electrons. The number of nitrogens with zero attached hydrogens (tertiary/aromatic N) is 3. The smallest absolute Gasteiger partial charge is 0.259 e. The highest BCUT2D eigenvalue weighted by atomic mass is 16.5. The van der Waals surface area contributed by atoms with E-state index < -0.39 is 11.9 Å². The molecule has 7 rings (SSSR count). The van der Waals surface area contributed by atoms with E-state index in [0.717, 1.165) is 61.1 Å². The summed E-state index contributed by atoms with van der Waals surface area (Å²) in [5, 5.41) is 3.93. The Balaban J connectivity index is 1.11. The van der Waals surface area contributed by atoms with Crippen LogP contribution in [0.4, 0.5) is 5.69 Å². The first-order valence-electron chi connectivity index (χ1n) is 14.2. The van der Waals surface area contributed by atoms with Crippen molar-refractivity contribution in [3.63, 3.8) is 0 Å². The Kier molecular flexibility index (Phi) is 6.24. The van der Waals surface area contributed by atoms with Gasteiger partial charge < -0.3 is 4.74 Å². The summed E-state index contributed by atoms with van der Waals surface area (Å²) in [5.41, 5.74) is 4.52. The minimum Gasteiger partial charge on any atom is -0.375 e. The van der Waals surface area contributed by atoms with Crippen LogP contribution in [0.1, 0.15) is 65.7 Å². The predicted octanol–water partition coefficient (Wildman–Crippen LogP) is 2.53. The predicted molar refractivity (Wildman–Crippen MR) is 152 cm³/mol. The van der Waals surface area contributed by atoms with Crippen LogP contribution in [-0.4, -0.2) is 66.8 Å². The molecule has 5 heterocycles. The molecule has 1 aromatic heterocycles. The maximum Gasteiger partial charge on any atom is 0.259 e. The monoisotopic (exact) mass is 534 g/mol. The molecule has 3 amide bonds. The molecule has 4 aliphatic heterocycles. The fraction of sp³-hybridized carbons (Fsp3) is 0.419. The van der Waals surface area contributed by atoms with Crippen LogP contribution in [0.2, 0.25) is 0 Å². The maximum absolute atomic E-state index is 13.5. The number of carbonyl (C=O) groups is 3. The van der Waals surface area contributed by atoms with Crippen LogP contribution in [0.15, 0.2) is 42.5 Å². The lowest BCUT2D eigenvalue weighted by Crippen LogP contribution is -2.54. The number of ether oxygens (including phenoxy) is 1. The van der Waals surface area contributed by atoms with Gasteiger partial charge in [0.25, 0.3) is 5.91 Å². The highest BCUT2D eigenvalue weighted by molar-refractivity contribution is 6.41. The number of imide groups is 1. The van der Waals surface area contributed by atoms with Gasteiger partial charge in [0.2, 0.25) is 11.8 Å². The third-order valence-corrected chi connectivity index (χ3v) is 9.08. The summed E-state index contributed by atoms with van der Waals surface area (Å²) in [6.07, 6.45) is 5.63. The number of benzene rings is 2. The molecule has 3 fully saturated rings. The quantitative estimate of drug-likeness (QED) is 0.400. The largest absolute Gasteiger partial charge is 0.375 e. The molecule has 0 bridgehead atoms. The average Bonchev–Trinajstić information content (AvgIpc) is 3.53. The minimum absolute atomic E-state index is 0.137. The fourth-order valence-corrected chi connectivity index (χ4v) is 6.93. The Morgan fingerprint density at radius 2 is 1.80 bits per heavy atom. The number of rotatable bonds is 5. The zero-order valence-electron chi connectivity index (χ0n) is 22.4. The van der Waals surface area contributed by atoms with Gasteiger partial charge in [-0.15, -0.1) is 0 Å². The van der Waals surface area contributed by atoms with Crippen LogP contribution in [-0.2, 0) is 27.3 Å². The summed E-state index contributed by atoms with van der Waals surface area (Å²) in [7, 11) is 6.47. The maximum atomic E-state index is 13.5. The van der Waals surface area contributed by atoms with Crippen molar-refractivity contribution in [2.75, 3.05) is 24.6 Å². The molecule has 4 aliphatic rings. The van der Waals surface area contributed by atoms with Gasteiger partial charge in [-0.3, -0.25) is 34.5 Å². The van der Waals surface area contributed by atoms with Gasteiger partial charge in [0.15, 0.2) is 0 Å². The molecule has 1 atom stereocenters. The lowest BCUT2D eigenvalue weighted by Gasteiger charge is -2.38. The first-order chi connectivity index (χ1) is 19.4. The van der Waals surface area contributed by atoms with Crippen molar-refractivity contribution in [3.8, 4) is 0 Å². The van der Waals surface area contributed by atoms with E-state index in [0.29, 0.717) is 17.7 Å². The van der Waals surface area contributed by atoms with Crippen molar-refractivity contribution in [3.05, 3.63) is 64.8 Å². The highest BCUT2D eigenvalue weighted by Gasteiger charge is 2.42. The summed E-state index contributed by atoms with van der Waals surface area (Å²) in [6, 6.07) is 13.4. The van der Waals surface area contributed by atoms with E-state index in [9.17, 15) is 14.4 Å². The molecule has 3 saturated heterocycles. The number of nitrogens with one attached hydrogen (secondary N) is 1. The van der Waals surface area contributed by atoms with Gasteiger partial charge >= 0.3 is 0 Å². The molecule has 2 aromatic carbocycles. The molecule has 3 aromatic rings. The summed E-state index contributed by atoms with van der Waals surface area (Å²) in [5.74, 6) is -1.09. The molecule has 40 heavy (non-hydrogen) atoms. The number of aromatic nitrogens is 1. The summed E-state index contributed by atoms with van der Waals surface area (Å²) >= 11 is 0. The number of anilines is 1. The number of likely N-dealkylation sites (tertiary alicyclic amines) is 1. The van der Waals surface area contributed by atoms with Crippen LogP contribution < -0.4 is 15.8 Å². The van der Waals surface area contributed by atoms with Crippen LogP contribution >= 0.6 is 0 Å². The van der Waals surface area contributed by atoms with E-state index in [1.165, 1.54) is 23.3 Å². The number of hydrogen-bond acceptors (Lipinski definition) is 6. The van der Waals surface area contributed by atoms with Crippen molar-refractivity contribution in [2.45, 2.75) is 63.1 Å². The zero-order valence-corrected chi connectivity index (χ0v) is 22.4. The second-order valence-corrected chi connectivity index (χ2v) is 11.6. The lowest BCUT2D eigenvalue weighted by molar-refractivity contribution is -0.134. The first-order valence-corrected chi connectivity index (χ1v) is 14.2. The third-order valence-electron chi connectivity index (χ3n) is 9.08. The second kappa shape index (κ2) is 9.82. The normalized spacial score (nSPS) is 22.4. The third kappa shape index (κ3) is 4.32. The first kappa shape index (κ1) is 25.4. The Morgan fingerprint density at radius 3 is 2.52 bits per heavy atom. The molecule has 1 spiro atoms. The zero-order chi connectivity index (χ0) is 27.4. The molecule has 9 heteroatoms. The van der Waals surface area contributed by atoms with Gasteiger partial charge in [-0.25, -0.2) is 0 Å². The van der Waals surface area contributed by atoms with Crippen LogP contribution in [0, 0.1) is 0 Å². The fourth-order valence-electron chi connectivity index (χ4n) is 6.93. The van der Waals surface area contributed by atoms with E-state index in [4.69, 9.17) is 17.6 Å². The summed E-state index contributed by atoms with van der Waals surface area (Å²) in [6.45, 7) is 3.98. The van der Waals surface area contributed by atoms with E-state index >= 15 is 0 Å². The van der Waals surface area contributed by atoms with Crippen molar-refractivity contribution in [2.24, 2.45) is 0 Å². The van der Waals surface area contributed by atoms with Gasteiger partial charge in [-0.2, -0.15) is 0 Å². The number of carbonyl (C=O) groups excluding carboxylic acids is 3. The van der Waals surface area contributed by atoms with Gasteiger partial charge in [-0.1, -0.05) is 36.4 Å². The number of piperidine rings is 2. The minimum atomic E-state index is -0.792. The van der Waals surface area contributed by atoms with Crippen molar-refractivity contribution in [1.82, 2.24) is 15.2 Å². The molecule has 0 aliphatic carbocycles. The average molecular weight is 534 g/mol. The number of pyridine rings is 1. The van der Waals surface area contributed by atoms with Gasteiger partial charge in [0, 0.05) is 61.0 Å². The number of amides is 3.